The average Bonchev–Trinajstić information content (AvgIpc) is 2.36. The molecule has 1 rings (SSSR count). The predicted octanol–water partition coefficient (Wildman–Crippen LogP) is 3.23. The zero-order valence-electron chi connectivity index (χ0n) is 11.9. The molecule has 5 nitrogen and oxygen atoms in total. The second-order valence-electron chi connectivity index (χ2n) is 4.97. The number of carboxylic acid groups (broad SMARTS) is 1. The predicted molar refractivity (Wildman–Crippen MR) is 81.4 cm³/mol. The Bertz CT molecular complexity index is 523. The molecule has 0 spiro atoms. The van der Waals surface area contributed by atoms with E-state index in [2.05, 4.69) is 5.32 Å². The molecule has 0 unspecified atom stereocenters. The zero-order chi connectivity index (χ0) is 16.2. The number of ether oxygens (including phenoxy) is 1. The van der Waals surface area contributed by atoms with Gasteiger partial charge in [0.2, 0.25) is 0 Å². The van der Waals surface area contributed by atoms with Gasteiger partial charge in [-0.2, -0.15) is 0 Å². The first kappa shape index (κ1) is 17.6. The van der Waals surface area contributed by atoms with Crippen LogP contribution in [-0.2, 0) is 4.79 Å². The van der Waals surface area contributed by atoms with Gasteiger partial charge in [-0.05, 0) is 24.5 Å². The minimum Gasteiger partial charge on any atom is -0.494 e. The Kier molecular flexibility index (Phi) is 6.30. The lowest BCUT2D eigenvalue weighted by Crippen LogP contribution is -2.41. The van der Waals surface area contributed by atoms with E-state index in [1.807, 2.05) is 13.8 Å². The van der Waals surface area contributed by atoms with E-state index < -0.39 is 17.9 Å². The summed E-state index contributed by atoms with van der Waals surface area (Å²) in [6, 6.07) is 1.81. The Balaban J connectivity index is 2.95. The molecular weight excluding hydrogens is 317 g/mol. The van der Waals surface area contributed by atoms with Crippen molar-refractivity contribution in [1.29, 1.82) is 0 Å². The monoisotopic (exact) mass is 333 g/mol. The van der Waals surface area contributed by atoms with Gasteiger partial charge in [-0.15, -0.1) is 0 Å². The third kappa shape index (κ3) is 4.79. The number of rotatable bonds is 6. The van der Waals surface area contributed by atoms with Gasteiger partial charge < -0.3 is 15.2 Å². The number of carboxylic acids is 1. The van der Waals surface area contributed by atoms with Gasteiger partial charge in [0.25, 0.3) is 5.91 Å². The van der Waals surface area contributed by atoms with Gasteiger partial charge >= 0.3 is 5.97 Å². The molecule has 116 valence electrons. The molecule has 0 aliphatic heterocycles. The topological polar surface area (TPSA) is 75.6 Å². The maximum Gasteiger partial charge on any atom is 0.326 e. The molecule has 0 fully saturated rings. The number of hydrogen-bond donors (Lipinski definition) is 2. The lowest BCUT2D eigenvalue weighted by molar-refractivity contribution is -0.139. The van der Waals surface area contributed by atoms with Crippen molar-refractivity contribution in [2.24, 2.45) is 5.92 Å². The lowest BCUT2D eigenvalue weighted by Gasteiger charge is -2.17. The summed E-state index contributed by atoms with van der Waals surface area (Å²) in [5, 5.41) is 12.0. The number of halogens is 2. The maximum atomic E-state index is 12.1. The molecule has 7 heteroatoms. The Morgan fingerprint density at radius 1 is 1.29 bits per heavy atom. The molecule has 1 amide bonds. The third-order valence-corrected chi connectivity index (χ3v) is 3.34. The minimum absolute atomic E-state index is 0.134. The van der Waals surface area contributed by atoms with Crippen LogP contribution in [0.1, 0.15) is 30.6 Å². The van der Waals surface area contributed by atoms with Crippen LogP contribution in [0.3, 0.4) is 0 Å². The average molecular weight is 334 g/mol. The van der Waals surface area contributed by atoms with Gasteiger partial charge in [-0.3, -0.25) is 4.79 Å². The van der Waals surface area contributed by atoms with Crippen LogP contribution in [0.4, 0.5) is 0 Å². The van der Waals surface area contributed by atoms with Crippen LogP contribution in [0.25, 0.3) is 0 Å². The molecule has 0 aromatic heterocycles. The first-order valence-corrected chi connectivity index (χ1v) is 7.08. The summed E-state index contributed by atoms with van der Waals surface area (Å²) in [6.07, 6.45) is 0.332. The van der Waals surface area contributed by atoms with E-state index >= 15 is 0 Å². The van der Waals surface area contributed by atoms with E-state index in [1.165, 1.54) is 19.2 Å². The van der Waals surface area contributed by atoms with E-state index in [0.29, 0.717) is 6.42 Å². The number of amides is 1. The van der Waals surface area contributed by atoms with E-state index in [9.17, 15) is 9.59 Å². The van der Waals surface area contributed by atoms with Crippen molar-refractivity contribution in [2.75, 3.05) is 7.11 Å². The van der Waals surface area contributed by atoms with Crippen molar-refractivity contribution in [3.8, 4) is 5.75 Å². The molecule has 1 aromatic carbocycles. The maximum absolute atomic E-state index is 12.1. The highest BCUT2D eigenvalue weighted by molar-refractivity contribution is 6.37. The molecule has 0 bridgehead atoms. The molecule has 0 saturated heterocycles. The van der Waals surface area contributed by atoms with Crippen LogP contribution in [0.5, 0.6) is 5.75 Å². The Hall–Kier alpha value is -1.46. The summed E-state index contributed by atoms with van der Waals surface area (Å²) >= 11 is 11.9. The van der Waals surface area contributed by atoms with E-state index in [-0.39, 0.29) is 27.3 Å². The second kappa shape index (κ2) is 7.52. The highest BCUT2D eigenvalue weighted by atomic mass is 35.5. The fourth-order valence-electron chi connectivity index (χ4n) is 1.82. The summed E-state index contributed by atoms with van der Waals surface area (Å²) in [5.74, 6) is -1.22. The number of benzene rings is 1. The van der Waals surface area contributed by atoms with Crippen molar-refractivity contribution in [1.82, 2.24) is 5.32 Å². The quantitative estimate of drug-likeness (QED) is 0.837. The number of nitrogens with one attached hydrogen (secondary N) is 1. The van der Waals surface area contributed by atoms with Crippen LogP contribution in [0.2, 0.25) is 10.0 Å². The zero-order valence-corrected chi connectivity index (χ0v) is 13.5. The number of carbonyl (C=O) groups is 2. The van der Waals surface area contributed by atoms with Gasteiger partial charge in [-0.1, -0.05) is 37.0 Å². The standard InChI is InChI=1S/C14H17Cl2NO4/c1-7(2)4-11(14(19)20)17-13(18)8-5-9(15)12(21-3)10(16)6-8/h5-7,11H,4H2,1-3H3,(H,17,18)(H,19,20)/t11-/m0/s1. The van der Waals surface area contributed by atoms with E-state index in [0.717, 1.165) is 0 Å². The molecule has 0 radical (unpaired) electrons. The number of carbonyl (C=O) groups excluding carboxylic acids is 1. The van der Waals surface area contributed by atoms with Crippen LogP contribution in [0.15, 0.2) is 12.1 Å². The van der Waals surface area contributed by atoms with Crippen molar-refractivity contribution in [2.45, 2.75) is 26.3 Å². The van der Waals surface area contributed by atoms with Crippen molar-refractivity contribution < 1.29 is 19.4 Å². The molecule has 0 heterocycles. The molecule has 0 saturated carbocycles. The summed E-state index contributed by atoms with van der Waals surface area (Å²) in [4.78, 5) is 23.3. The SMILES string of the molecule is COc1c(Cl)cc(C(=O)N[C@@H](CC(C)C)C(=O)O)cc1Cl. The first-order chi connectivity index (χ1) is 9.76. The van der Waals surface area contributed by atoms with Gasteiger partial charge in [0.05, 0.1) is 17.2 Å². The van der Waals surface area contributed by atoms with Crippen LogP contribution < -0.4 is 10.1 Å². The number of methoxy groups -OCH3 is 1. The fourth-order valence-corrected chi connectivity index (χ4v) is 2.46. The van der Waals surface area contributed by atoms with Crippen molar-refractivity contribution >= 4 is 35.1 Å². The molecule has 21 heavy (non-hydrogen) atoms. The van der Waals surface area contributed by atoms with Crippen LogP contribution >= 0.6 is 23.2 Å². The van der Waals surface area contributed by atoms with Gasteiger partial charge in [0.15, 0.2) is 5.75 Å². The van der Waals surface area contributed by atoms with Crippen LogP contribution in [-0.4, -0.2) is 30.1 Å². The second-order valence-corrected chi connectivity index (χ2v) is 5.78. The summed E-state index contributed by atoms with van der Waals surface area (Å²) in [7, 11) is 1.41. The molecule has 0 aliphatic rings. The van der Waals surface area contributed by atoms with Crippen molar-refractivity contribution in [3.63, 3.8) is 0 Å². The molecule has 1 aromatic rings. The molecule has 1 atom stereocenters. The minimum atomic E-state index is -1.08. The Morgan fingerprint density at radius 3 is 2.19 bits per heavy atom. The third-order valence-electron chi connectivity index (χ3n) is 2.78. The number of aliphatic carboxylic acids is 1. The van der Waals surface area contributed by atoms with Gasteiger partial charge in [0.1, 0.15) is 6.04 Å². The summed E-state index contributed by atoms with van der Waals surface area (Å²) in [6.45, 7) is 3.76. The highest BCUT2D eigenvalue weighted by Gasteiger charge is 2.22. The number of hydrogen-bond acceptors (Lipinski definition) is 3. The normalized spacial score (nSPS) is 12.1. The molecule has 2 N–H and O–H groups in total. The van der Waals surface area contributed by atoms with E-state index in [1.54, 1.807) is 0 Å². The summed E-state index contributed by atoms with van der Waals surface area (Å²) < 4.78 is 4.99. The van der Waals surface area contributed by atoms with Gasteiger partial charge in [0, 0.05) is 5.56 Å². The van der Waals surface area contributed by atoms with E-state index in [4.69, 9.17) is 33.0 Å². The Morgan fingerprint density at radius 2 is 1.81 bits per heavy atom. The smallest absolute Gasteiger partial charge is 0.326 e. The Labute approximate surface area is 133 Å². The highest BCUT2D eigenvalue weighted by Crippen LogP contribution is 2.33. The molecular formula is C14H17Cl2NO4. The largest absolute Gasteiger partial charge is 0.494 e. The van der Waals surface area contributed by atoms with Crippen molar-refractivity contribution in [3.05, 3.63) is 27.7 Å². The lowest BCUT2D eigenvalue weighted by atomic mass is 10.0. The summed E-state index contributed by atoms with van der Waals surface area (Å²) in [5.41, 5.74) is 0.181. The van der Waals surface area contributed by atoms with Gasteiger partial charge in [-0.25, -0.2) is 4.79 Å². The molecule has 0 aliphatic carbocycles. The first-order valence-electron chi connectivity index (χ1n) is 6.33. The van der Waals surface area contributed by atoms with Crippen LogP contribution in [0, 0.1) is 5.92 Å². The fraction of sp³-hybridized carbons (Fsp3) is 0.429.